The third-order valence-electron chi connectivity index (χ3n) is 2.88. The summed E-state index contributed by atoms with van der Waals surface area (Å²) in [7, 11) is 0. The van der Waals surface area contributed by atoms with Gasteiger partial charge in [0.15, 0.2) is 0 Å². The van der Waals surface area contributed by atoms with Crippen LogP contribution in [0.25, 0.3) is 0 Å². The summed E-state index contributed by atoms with van der Waals surface area (Å²) in [5.74, 6) is 0.284. The van der Waals surface area contributed by atoms with Crippen LogP contribution in [0.15, 0.2) is 40.9 Å². The molecular formula is C15H14BrClFNO. The molecule has 0 spiro atoms. The monoisotopic (exact) mass is 357 g/mol. The lowest BCUT2D eigenvalue weighted by Crippen LogP contribution is -2.05. The van der Waals surface area contributed by atoms with Crippen LogP contribution < -0.4 is 10.5 Å². The fourth-order valence-corrected chi connectivity index (χ4v) is 2.42. The van der Waals surface area contributed by atoms with Gasteiger partial charge in [-0.15, -0.1) is 0 Å². The Balaban J connectivity index is 2.11. The largest absolute Gasteiger partial charge is 0.487 e. The minimum atomic E-state index is -0.292. The van der Waals surface area contributed by atoms with Crippen LogP contribution in [0.4, 0.5) is 4.39 Å². The van der Waals surface area contributed by atoms with E-state index in [2.05, 4.69) is 15.9 Å². The Morgan fingerprint density at radius 1 is 1.30 bits per heavy atom. The second-order valence-electron chi connectivity index (χ2n) is 4.50. The molecule has 0 saturated heterocycles. The predicted molar refractivity (Wildman–Crippen MR) is 82.5 cm³/mol. The van der Waals surface area contributed by atoms with Gasteiger partial charge in [-0.3, -0.25) is 0 Å². The van der Waals surface area contributed by atoms with Crippen LogP contribution in [0.5, 0.6) is 5.75 Å². The highest BCUT2D eigenvalue weighted by atomic mass is 79.9. The third-order valence-corrected chi connectivity index (χ3v) is 3.91. The third kappa shape index (κ3) is 3.72. The van der Waals surface area contributed by atoms with Crippen molar-refractivity contribution in [2.45, 2.75) is 19.6 Å². The molecule has 106 valence electrons. The Morgan fingerprint density at radius 3 is 2.65 bits per heavy atom. The Labute approximate surface area is 130 Å². The van der Waals surface area contributed by atoms with Gasteiger partial charge in [0.2, 0.25) is 0 Å². The maximum absolute atomic E-state index is 13.0. The number of nitrogens with two attached hydrogens (primary N) is 1. The lowest BCUT2D eigenvalue weighted by atomic mass is 10.1. The van der Waals surface area contributed by atoms with E-state index in [0.717, 1.165) is 11.1 Å². The molecule has 0 radical (unpaired) electrons. The molecule has 0 bridgehead atoms. The normalized spacial score (nSPS) is 12.2. The molecule has 0 saturated carbocycles. The number of hydrogen-bond acceptors (Lipinski definition) is 2. The molecule has 2 N–H and O–H groups in total. The van der Waals surface area contributed by atoms with Gasteiger partial charge in [-0.2, -0.15) is 0 Å². The van der Waals surface area contributed by atoms with E-state index < -0.39 is 0 Å². The van der Waals surface area contributed by atoms with Gasteiger partial charge in [-0.1, -0.05) is 39.7 Å². The molecule has 0 aliphatic rings. The highest BCUT2D eigenvalue weighted by Crippen LogP contribution is 2.29. The van der Waals surface area contributed by atoms with Crippen molar-refractivity contribution in [3.05, 3.63) is 62.8 Å². The average molecular weight is 359 g/mol. The van der Waals surface area contributed by atoms with Crippen molar-refractivity contribution in [3.63, 3.8) is 0 Å². The molecule has 0 aromatic heterocycles. The van der Waals surface area contributed by atoms with Gasteiger partial charge < -0.3 is 10.5 Å². The zero-order valence-electron chi connectivity index (χ0n) is 10.9. The van der Waals surface area contributed by atoms with Crippen molar-refractivity contribution in [2.75, 3.05) is 0 Å². The molecular weight excluding hydrogens is 345 g/mol. The lowest BCUT2D eigenvalue weighted by Gasteiger charge is -2.12. The molecule has 2 aromatic rings. The molecule has 2 rings (SSSR count). The van der Waals surface area contributed by atoms with E-state index in [1.54, 1.807) is 18.2 Å². The number of halogens is 3. The van der Waals surface area contributed by atoms with E-state index in [-0.39, 0.29) is 11.9 Å². The van der Waals surface area contributed by atoms with E-state index in [9.17, 15) is 4.39 Å². The second-order valence-corrected chi connectivity index (χ2v) is 5.76. The minimum Gasteiger partial charge on any atom is -0.487 e. The Kier molecular flexibility index (Phi) is 5.02. The van der Waals surface area contributed by atoms with E-state index in [4.69, 9.17) is 22.1 Å². The van der Waals surface area contributed by atoms with E-state index in [0.29, 0.717) is 21.9 Å². The molecule has 1 atom stereocenters. The standard InChI is InChI=1S/C15H14BrClFNO/c1-9(19)10-3-5-15(14(17)6-10)20-8-11-2-4-12(18)7-13(11)16/h2-7,9H,8,19H2,1H3/t9-/m0/s1. The first-order valence-electron chi connectivity index (χ1n) is 6.09. The van der Waals surface area contributed by atoms with Gasteiger partial charge in [0.05, 0.1) is 5.02 Å². The molecule has 0 unspecified atom stereocenters. The zero-order valence-corrected chi connectivity index (χ0v) is 13.2. The molecule has 2 nitrogen and oxygen atoms in total. The highest BCUT2D eigenvalue weighted by Gasteiger charge is 2.08. The number of rotatable bonds is 4. The van der Waals surface area contributed by atoms with Crippen LogP contribution in [0.2, 0.25) is 5.02 Å². The molecule has 0 fully saturated rings. The Bertz CT molecular complexity index is 619. The van der Waals surface area contributed by atoms with Crippen molar-refractivity contribution in [1.82, 2.24) is 0 Å². The fraction of sp³-hybridized carbons (Fsp3) is 0.200. The Hall–Kier alpha value is -1.10. The smallest absolute Gasteiger partial charge is 0.138 e. The van der Waals surface area contributed by atoms with Gasteiger partial charge in [-0.25, -0.2) is 4.39 Å². The summed E-state index contributed by atoms with van der Waals surface area (Å²) in [6.45, 7) is 2.19. The van der Waals surface area contributed by atoms with E-state index in [1.165, 1.54) is 12.1 Å². The minimum absolute atomic E-state index is 0.0761. The molecule has 20 heavy (non-hydrogen) atoms. The first-order chi connectivity index (χ1) is 9.47. The lowest BCUT2D eigenvalue weighted by molar-refractivity contribution is 0.305. The molecule has 0 amide bonds. The van der Waals surface area contributed by atoms with Gasteiger partial charge in [0, 0.05) is 16.1 Å². The van der Waals surface area contributed by atoms with Crippen LogP contribution >= 0.6 is 27.5 Å². The van der Waals surface area contributed by atoms with Crippen molar-refractivity contribution in [3.8, 4) is 5.75 Å². The van der Waals surface area contributed by atoms with Crippen LogP contribution in [0.1, 0.15) is 24.1 Å². The van der Waals surface area contributed by atoms with Gasteiger partial charge in [0.1, 0.15) is 18.2 Å². The quantitative estimate of drug-likeness (QED) is 0.848. The average Bonchev–Trinajstić information content (AvgIpc) is 2.38. The number of ether oxygens (including phenoxy) is 1. The highest BCUT2D eigenvalue weighted by molar-refractivity contribution is 9.10. The van der Waals surface area contributed by atoms with Crippen LogP contribution in [-0.2, 0) is 6.61 Å². The SMILES string of the molecule is C[C@H](N)c1ccc(OCc2ccc(F)cc2Br)c(Cl)c1. The molecule has 5 heteroatoms. The molecule has 0 aliphatic carbocycles. The summed E-state index contributed by atoms with van der Waals surface area (Å²) in [5.41, 5.74) is 7.59. The number of benzene rings is 2. The van der Waals surface area contributed by atoms with Crippen molar-refractivity contribution in [2.24, 2.45) is 5.73 Å². The topological polar surface area (TPSA) is 35.2 Å². The summed E-state index contributed by atoms with van der Waals surface area (Å²) >= 11 is 9.45. The first-order valence-corrected chi connectivity index (χ1v) is 7.26. The van der Waals surface area contributed by atoms with Crippen LogP contribution in [0, 0.1) is 5.82 Å². The molecule has 0 heterocycles. The van der Waals surface area contributed by atoms with Crippen molar-refractivity contribution >= 4 is 27.5 Å². The number of hydrogen-bond donors (Lipinski definition) is 1. The van der Waals surface area contributed by atoms with E-state index >= 15 is 0 Å². The predicted octanol–water partition coefficient (Wildman–Crippen LogP) is 4.84. The van der Waals surface area contributed by atoms with Crippen molar-refractivity contribution in [1.29, 1.82) is 0 Å². The summed E-state index contributed by atoms with van der Waals surface area (Å²) in [6.07, 6.45) is 0. The first kappa shape index (κ1) is 15.3. The molecule has 0 aliphatic heterocycles. The second kappa shape index (κ2) is 6.57. The van der Waals surface area contributed by atoms with Gasteiger partial charge in [0.25, 0.3) is 0 Å². The van der Waals surface area contributed by atoms with Crippen LogP contribution in [-0.4, -0.2) is 0 Å². The summed E-state index contributed by atoms with van der Waals surface area (Å²) < 4.78 is 19.3. The molecule has 2 aromatic carbocycles. The van der Waals surface area contributed by atoms with Gasteiger partial charge >= 0.3 is 0 Å². The summed E-state index contributed by atoms with van der Waals surface area (Å²) in [6, 6.07) is 9.85. The maximum Gasteiger partial charge on any atom is 0.138 e. The van der Waals surface area contributed by atoms with Gasteiger partial charge in [-0.05, 0) is 36.8 Å². The zero-order chi connectivity index (χ0) is 14.7. The summed E-state index contributed by atoms with van der Waals surface area (Å²) in [5, 5.41) is 0.512. The van der Waals surface area contributed by atoms with Crippen LogP contribution in [0.3, 0.4) is 0 Å². The summed E-state index contributed by atoms with van der Waals surface area (Å²) in [4.78, 5) is 0. The fourth-order valence-electron chi connectivity index (χ4n) is 1.71. The van der Waals surface area contributed by atoms with Crippen molar-refractivity contribution < 1.29 is 9.13 Å². The Morgan fingerprint density at radius 2 is 2.05 bits per heavy atom. The maximum atomic E-state index is 13.0. The van der Waals surface area contributed by atoms with E-state index in [1.807, 2.05) is 13.0 Å².